The van der Waals surface area contributed by atoms with Crippen LogP contribution >= 0.6 is 17.0 Å². The fourth-order valence-electron chi connectivity index (χ4n) is 2.76. The first kappa shape index (κ1) is 21.4. The predicted molar refractivity (Wildman–Crippen MR) is 111 cm³/mol. The SMILES string of the molecule is Br.COc1cc(-c2cc[n+](CC(=O)c3ccccc3)cn2)cc(OC)c1OC. The molecule has 7 heteroatoms. The summed E-state index contributed by atoms with van der Waals surface area (Å²) >= 11 is 0. The Bertz CT molecular complexity index is 906. The summed E-state index contributed by atoms with van der Waals surface area (Å²) in [5.74, 6) is 1.68. The van der Waals surface area contributed by atoms with E-state index in [0.29, 0.717) is 22.8 Å². The van der Waals surface area contributed by atoms with Gasteiger partial charge in [-0.25, -0.2) is 4.57 Å². The van der Waals surface area contributed by atoms with Crippen LogP contribution in [0.15, 0.2) is 61.1 Å². The quantitative estimate of drug-likeness (QED) is 0.411. The molecule has 0 radical (unpaired) electrons. The molecule has 3 aromatic rings. The average Bonchev–Trinajstić information content (AvgIpc) is 2.73. The van der Waals surface area contributed by atoms with E-state index in [2.05, 4.69) is 4.98 Å². The minimum Gasteiger partial charge on any atom is -0.493 e. The Hall–Kier alpha value is -2.93. The zero-order valence-electron chi connectivity index (χ0n) is 15.9. The van der Waals surface area contributed by atoms with Crippen LogP contribution < -0.4 is 18.8 Å². The van der Waals surface area contributed by atoms with E-state index in [9.17, 15) is 4.79 Å². The molecule has 146 valence electrons. The van der Waals surface area contributed by atoms with Crippen molar-refractivity contribution in [3.05, 3.63) is 66.6 Å². The van der Waals surface area contributed by atoms with Crippen LogP contribution in [-0.4, -0.2) is 32.1 Å². The lowest BCUT2D eigenvalue weighted by atomic mass is 10.1. The topological polar surface area (TPSA) is 61.5 Å². The van der Waals surface area contributed by atoms with E-state index in [1.807, 2.05) is 42.6 Å². The Morgan fingerprint density at radius 3 is 2.11 bits per heavy atom. The number of carbonyl (C=O) groups excluding carboxylic acids is 1. The van der Waals surface area contributed by atoms with Crippen LogP contribution in [0.2, 0.25) is 0 Å². The number of ketones is 1. The van der Waals surface area contributed by atoms with Crippen molar-refractivity contribution in [2.45, 2.75) is 6.54 Å². The molecular formula is C21H22BrN2O4+. The normalized spacial score (nSPS) is 9.96. The molecule has 1 aromatic heterocycles. The van der Waals surface area contributed by atoms with E-state index in [0.717, 1.165) is 11.3 Å². The highest BCUT2D eigenvalue weighted by Crippen LogP contribution is 2.40. The van der Waals surface area contributed by atoms with Crippen molar-refractivity contribution >= 4 is 22.8 Å². The first-order valence-electron chi connectivity index (χ1n) is 8.40. The van der Waals surface area contributed by atoms with Gasteiger partial charge in [-0.05, 0) is 17.1 Å². The Morgan fingerprint density at radius 2 is 1.61 bits per heavy atom. The third-order valence-corrected chi connectivity index (χ3v) is 4.15. The van der Waals surface area contributed by atoms with E-state index >= 15 is 0 Å². The Balaban J connectivity index is 0.00000280. The number of carbonyl (C=O) groups is 1. The number of ether oxygens (including phenoxy) is 3. The molecule has 0 aliphatic rings. The van der Waals surface area contributed by atoms with Crippen molar-refractivity contribution in [1.82, 2.24) is 4.98 Å². The van der Waals surface area contributed by atoms with Crippen LogP contribution in [0.5, 0.6) is 17.2 Å². The molecule has 3 rings (SSSR count). The zero-order chi connectivity index (χ0) is 19.2. The zero-order valence-corrected chi connectivity index (χ0v) is 17.6. The van der Waals surface area contributed by atoms with Gasteiger partial charge in [0.05, 0.1) is 27.5 Å². The largest absolute Gasteiger partial charge is 0.493 e. The molecule has 6 nitrogen and oxygen atoms in total. The van der Waals surface area contributed by atoms with Gasteiger partial charge in [-0.2, -0.15) is 0 Å². The maximum Gasteiger partial charge on any atom is 0.287 e. The Morgan fingerprint density at radius 1 is 0.964 bits per heavy atom. The number of nitrogens with zero attached hydrogens (tertiary/aromatic N) is 2. The lowest BCUT2D eigenvalue weighted by molar-refractivity contribution is -0.686. The lowest BCUT2D eigenvalue weighted by Crippen LogP contribution is -2.37. The highest BCUT2D eigenvalue weighted by molar-refractivity contribution is 8.93. The van der Waals surface area contributed by atoms with Crippen LogP contribution in [0, 0.1) is 0 Å². The summed E-state index contributed by atoms with van der Waals surface area (Å²) in [7, 11) is 4.71. The van der Waals surface area contributed by atoms with Crippen molar-refractivity contribution in [2.75, 3.05) is 21.3 Å². The van der Waals surface area contributed by atoms with Gasteiger partial charge in [-0.1, -0.05) is 30.3 Å². The monoisotopic (exact) mass is 445 g/mol. The van der Waals surface area contributed by atoms with Crippen LogP contribution in [-0.2, 0) is 6.54 Å². The molecule has 0 unspecified atom stereocenters. The summed E-state index contributed by atoms with van der Waals surface area (Å²) in [6.07, 6.45) is 3.46. The predicted octanol–water partition coefficient (Wildman–Crippen LogP) is 3.52. The summed E-state index contributed by atoms with van der Waals surface area (Å²) < 4.78 is 17.9. The molecule has 0 spiro atoms. The van der Waals surface area contributed by atoms with E-state index < -0.39 is 0 Å². The second-order valence-electron chi connectivity index (χ2n) is 5.82. The third-order valence-electron chi connectivity index (χ3n) is 4.15. The minimum absolute atomic E-state index is 0. The van der Waals surface area contributed by atoms with Gasteiger partial charge < -0.3 is 14.2 Å². The molecule has 0 bridgehead atoms. The Kier molecular flexibility index (Phi) is 7.52. The average molecular weight is 446 g/mol. The fourth-order valence-corrected chi connectivity index (χ4v) is 2.76. The van der Waals surface area contributed by atoms with Gasteiger partial charge in [0.25, 0.3) is 6.33 Å². The van der Waals surface area contributed by atoms with Crippen LogP contribution in [0.3, 0.4) is 0 Å². The van der Waals surface area contributed by atoms with Gasteiger partial charge in [0.15, 0.2) is 23.7 Å². The standard InChI is InChI=1S/C21H21N2O4.BrH/c1-25-19-11-16(12-20(26-2)21(19)27-3)17-9-10-23(14-22-17)13-18(24)15-7-5-4-6-8-15;/h4-12,14H,13H2,1-3H3;1H/q+1;. The summed E-state index contributed by atoms with van der Waals surface area (Å²) in [5, 5.41) is 0. The highest BCUT2D eigenvalue weighted by atomic mass is 79.9. The van der Waals surface area contributed by atoms with Crippen LogP contribution in [0.1, 0.15) is 10.4 Å². The van der Waals surface area contributed by atoms with Crippen molar-refractivity contribution < 1.29 is 23.6 Å². The van der Waals surface area contributed by atoms with Crippen molar-refractivity contribution in [1.29, 1.82) is 0 Å². The Labute approximate surface area is 174 Å². The van der Waals surface area contributed by atoms with Crippen molar-refractivity contribution in [3.63, 3.8) is 0 Å². The number of hydrogen-bond donors (Lipinski definition) is 0. The van der Waals surface area contributed by atoms with E-state index in [4.69, 9.17) is 14.2 Å². The van der Waals surface area contributed by atoms with Gasteiger partial charge in [-0.3, -0.25) is 4.79 Å². The molecule has 0 atom stereocenters. The number of hydrogen-bond acceptors (Lipinski definition) is 5. The molecule has 0 aliphatic heterocycles. The molecule has 28 heavy (non-hydrogen) atoms. The molecule has 0 amide bonds. The molecule has 1 heterocycles. The van der Waals surface area contributed by atoms with Gasteiger partial charge in [0, 0.05) is 17.2 Å². The molecule has 0 N–H and O–H groups in total. The molecule has 0 fully saturated rings. The van der Waals surface area contributed by atoms with Crippen LogP contribution in [0.4, 0.5) is 0 Å². The first-order valence-corrected chi connectivity index (χ1v) is 8.40. The van der Waals surface area contributed by atoms with E-state index in [1.54, 1.807) is 44.4 Å². The summed E-state index contributed by atoms with van der Waals surface area (Å²) in [4.78, 5) is 16.8. The number of benzene rings is 2. The van der Waals surface area contributed by atoms with Crippen LogP contribution in [0.25, 0.3) is 11.3 Å². The maximum atomic E-state index is 12.3. The van der Waals surface area contributed by atoms with E-state index in [1.165, 1.54) is 0 Å². The molecule has 2 aromatic carbocycles. The fraction of sp³-hybridized carbons (Fsp3) is 0.190. The number of methoxy groups -OCH3 is 3. The van der Waals surface area contributed by atoms with Gasteiger partial charge >= 0.3 is 0 Å². The van der Waals surface area contributed by atoms with Gasteiger partial charge in [-0.15, -0.1) is 17.0 Å². The second-order valence-corrected chi connectivity index (χ2v) is 5.82. The molecule has 0 aliphatic carbocycles. The van der Waals surface area contributed by atoms with Crippen molar-refractivity contribution in [3.8, 4) is 28.5 Å². The third kappa shape index (κ3) is 4.67. The first-order chi connectivity index (χ1) is 13.2. The molecular weight excluding hydrogens is 424 g/mol. The van der Waals surface area contributed by atoms with Gasteiger partial charge in [0.2, 0.25) is 11.5 Å². The number of halogens is 1. The van der Waals surface area contributed by atoms with Crippen molar-refractivity contribution in [2.24, 2.45) is 0 Å². The minimum atomic E-state index is 0. The number of aromatic nitrogens is 2. The maximum absolute atomic E-state index is 12.3. The molecule has 0 saturated carbocycles. The second kappa shape index (κ2) is 9.85. The van der Waals surface area contributed by atoms with Gasteiger partial charge in [0.1, 0.15) is 0 Å². The number of rotatable bonds is 7. The summed E-state index contributed by atoms with van der Waals surface area (Å²) in [6, 6.07) is 14.7. The number of Topliss-reactive ketones (excluding diaryl/α,β-unsaturated/α-hetero) is 1. The smallest absolute Gasteiger partial charge is 0.287 e. The summed E-state index contributed by atoms with van der Waals surface area (Å²) in [5.41, 5.74) is 2.24. The molecule has 0 saturated heterocycles. The van der Waals surface area contributed by atoms with E-state index in [-0.39, 0.29) is 29.3 Å². The highest BCUT2D eigenvalue weighted by Gasteiger charge is 2.17. The summed E-state index contributed by atoms with van der Waals surface area (Å²) in [6.45, 7) is 0.229. The lowest BCUT2D eigenvalue weighted by Gasteiger charge is -2.13.